The van der Waals surface area contributed by atoms with Crippen LogP contribution in [-0.2, 0) is 20.1 Å². The molecule has 0 aliphatic rings. The highest BCUT2D eigenvalue weighted by Crippen LogP contribution is 2.17. The number of guanidine groups is 1. The summed E-state index contributed by atoms with van der Waals surface area (Å²) in [5.41, 5.74) is 5.51. The second kappa shape index (κ2) is 8.73. The SMILES string of the molecule is CCNC(=NCc1c(C)nn(C)c1C)N(C)Cc1ncc(-c2ccccc2)[nH]1. The zero-order valence-corrected chi connectivity index (χ0v) is 17.3. The van der Waals surface area contributed by atoms with Gasteiger partial charge in [0.25, 0.3) is 0 Å². The summed E-state index contributed by atoms with van der Waals surface area (Å²) >= 11 is 0. The predicted octanol–water partition coefficient (Wildman–Crippen LogP) is 3.02. The van der Waals surface area contributed by atoms with Gasteiger partial charge in [0.1, 0.15) is 5.82 Å². The molecule has 0 unspecified atom stereocenters. The molecule has 28 heavy (non-hydrogen) atoms. The minimum absolute atomic E-state index is 0.603. The number of nitrogens with zero attached hydrogens (tertiary/aromatic N) is 5. The minimum atomic E-state index is 0.603. The first kappa shape index (κ1) is 19.7. The van der Waals surface area contributed by atoms with Crippen LogP contribution in [0.3, 0.4) is 0 Å². The van der Waals surface area contributed by atoms with Crippen molar-refractivity contribution < 1.29 is 0 Å². The highest BCUT2D eigenvalue weighted by molar-refractivity contribution is 5.79. The Morgan fingerprint density at radius 2 is 2.00 bits per heavy atom. The third-order valence-corrected chi connectivity index (χ3v) is 4.84. The lowest BCUT2D eigenvalue weighted by Gasteiger charge is -2.21. The zero-order chi connectivity index (χ0) is 20.1. The summed E-state index contributed by atoms with van der Waals surface area (Å²) in [6, 6.07) is 10.2. The molecule has 0 atom stereocenters. The molecular weight excluding hydrogens is 350 g/mol. The average Bonchev–Trinajstić information content (AvgIpc) is 3.24. The number of H-pyrrole nitrogens is 1. The smallest absolute Gasteiger partial charge is 0.194 e. The number of aromatic nitrogens is 4. The van der Waals surface area contributed by atoms with E-state index in [0.29, 0.717) is 13.1 Å². The Morgan fingerprint density at radius 3 is 2.64 bits per heavy atom. The van der Waals surface area contributed by atoms with Crippen LogP contribution in [0.2, 0.25) is 0 Å². The van der Waals surface area contributed by atoms with E-state index in [2.05, 4.69) is 51.3 Å². The fraction of sp³-hybridized carbons (Fsp3) is 0.381. The molecule has 0 fully saturated rings. The first-order chi connectivity index (χ1) is 13.5. The lowest BCUT2D eigenvalue weighted by atomic mass is 10.2. The second-order valence-corrected chi connectivity index (χ2v) is 6.91. The summed E-state index contributed by atoms with van der Waals surface area (Å²) in [6.07, 6.45) is 1.88. The number of aromatic amines is 1. The van der Waals surface area contributed by atoms with Crippen LogP contribution in [0.1, 0.15) is 29.7 Å². The summed E-state index contributed by atoms with van der Waals surface area (Å²) in [4.78, 5) is 14.8. The maximum atomic E-state index is 4.82. The summed E-state index contributed by atoms with van der Waals surface area (Å²) < 4.78 is 1.91. The molecule has 0 saturated heterocycles. The summed E-state index contributed by atoms with van der Waals surface area (Å²) in [5.74, 6) is 1.75. The normalized spacial score (nSPS) is 11.7. The first-order valence-electron chi connectivity index (χ1n) is 9.57. The van der Waals surface area contributed by atoms with Crippen LogP contribution in [0.15, 0.2) is 41.5 Å². The number of aryl methyl sites for hydroxylation is 2. The van der Waals surface area contributed by atoms with Crippen LogP contribution in [0, 0.1) is 13.8 Å². The lowest BCUT2D eigenvalue weighted by Crippen LogP contribution is -2.38. The fourth-order valence-electron chi connectivity index (χ4n) is 3.18. The molecule has 0 saturated carbocycles. The third kappa shape index (κ3) is 4.42. The van der Waals surface area contributed by atoms with E-state index in [4.69, 9.17) is 4.99 Å². The molecule has 148 valence electrons. The Labute approximate surface area is 166 Å². The average molecular weight is 380 g/mol. The minimum Gasteiger partial charge on any atom is -0.357 e. The molecule has 1 aromatic carbocycles. The van der Waals surface area contributed by atoms with Gasteiger partial charge in [0.15, 0.2) is 5.96 Å². The highest BCUT2D eigenvalue weighted by atomic mass is 15.3. The lowest BCUT2D eigenvalue weighted by molar-refractivity contribution is 0.464. The topological polar surface area (TPSA) is 74.1 Å². The van der Waals surface area contributed by atoms with Crippen molar-refractivity contribution in [2.45, 2.75) is 33.9 Å². The number of aliphatic imine (C=N–C) groups is 1. The molecule has 0 amide bonds. The largest absolute Gasteiger partial charge is 0.357 e. The molecule has 2 aromatic heterocycles. The second-order valence-electron chi connectivity index (χ2n) is 6.91. The van der Waals surface area contributed by atoms with Crippen LogP contribution < -0.4 is 5.32 Å². The maximum Gasteiger partial charge on any atom is 0.194 e. The third-order valence-electron chi connectivity index (χ3n) is 4.84. The van der Waals surface area contributed by atoms with Crippen LogP contribution in [0.4, 0.5) is 0 Å². The van der Waals surface area contributed by atoms with E-state index in [9.17, 15) is 0 Å². The van der Waals surface area contributed by atoms with Gasteiger partial charge in [0.05, 0.1) is 30.7 Å². The fourth-order valence-corrected chi connectivity index (χ4v) is 3.18. The van der Waals surface area contributed by atoms with Gasteiger partial charge in [-0.1, -0.05) is 30.3 Å². The molecule has 2 N–H and O–H groups in total. The van der Waals surface area contributed by atoms with Crippen LogP contribution in [0.25, 0.3) is 11.3 Å². The number of hydrogen-bond acceptors (Lipinski definition) is 3. The van der Waals surface area contributed by atoms with Crippen LogP contribution in [0.5, 0.6) is 0 Å². The Morgan fingerprint density at radius 1 is 1.25 bits per heavy atom. The van der Waals surface area contributed by atoms with E-state index in [0.717, 1.165) is 41.0 Å². The molecule has 7 nitrogen and oxygen atoms in total. The monoisotopic (exact) mass is 379 g/mol. The van der Waals surface area contributed by atoms with Crippen molar-refractivity contribution in [2.24, 2.45) is 12.0 Å². The van der Waals surface area contributed by atoms with Gasteiger partial charge in [-0.05, 0) is 26.3 Å². The van der Waals surface area contributed by atoms with Crippen molar-refractivity contribution >= 4 is 5.96 Å². The van der Waals surface area contributed by atoms with E-state index in [1.54, 1.807) is 0 Å². The molecule has 0 aliphatic heterocycles. The molecule has 2 heterocycles. The Hall–Kier alpha value is -3.09. The molecule has 3 aromatic rings. The molecule has 7 heteroatoms. The van der Waals surface area contributed by atoms with Crippen molar-refractivity contribution in [3.8, 4) is 11.3 Å². The quantitative estimate of drug-likeness (QED) is 0.510. The number of benzene rings is 1. The van der Waals surface area contributed by atoms with Crippen molar-refractivity contribution in [2.75, 3.05) is 13.6 Å². The van der Waals surface area contributed by atoms with Crippen molar-refractivity contribution in [3.05, 3.63) is 59.3 Å². The predicted molar refractivity (Wildman–Crippen MR) is 113 cm³/mol. The molecule has 0 aliphatic carbocycles. The molecule has 3 rings (SSSR count). The Bertz CT molecular complexity index is 937. The Kier molecular flexibility index (Phi) is 6.13. The van der Waals surface area contributed by atoms with Crippen LogP contribution >= 0.6 is 0 Å². The van der Waals surface area contributed by atoms with Gasteiger partial charge >= 0.3 is 0 Å². The summed E-state index contributed by atoms with van der Waals surface area (Å²) in [5, 5.41) is 7.84. The van der Waals surface area contributed by atoms with Crippen molar-refractivity contribution in [1.82, 2.24) is 30.0 Å². The van der Waals surface area contributed by atoms with Crippen LogP contribution in [-0.4, -0.2) is 44.2 Å². The molecule has 0 bridgehead atoms. The van der Waals surface area contributed by atoms with Gasteiger partial charge < -0.3 is 15.2 Å². The van der Waals surface area contributed by atoms with Gasteiger partial charge in [0.2, 0.25) is 0 Å². The summed E-state index contributed by atoms with van der Waals surface area (Å²) in [6.45, 7) is 8.24. The van der Waals surface area contributed by atoms with Crippen molar-refractivity contribution in [3.63, 3.8) is 0 Å². The number of rotatable bonds is 6. The van der Waals surface area contributed by atoms with E-state index in [1.807, 2.05) is 50.1 Å². The molecular formula is C21H29N7. The van der Waals surface area contributed by atoms with Gasteiger partial charge in [0, 0.05) is 31.9 Å². The standard InChI is InChI=1S/C21H29N7/c1-6-22-21(24-12-18-15(2)26-28(5)16(18)3)27(4)14-20-23-13-19(25-20)17-10-8-7-9-11-17/h7-11,13H,6,12,14H2,1-5H3,(H,22,24)(H,23,25). The molecule has 0 spiro atoms. The van der Waals surface area contributed by atoms with E-state index in [1.165, 1.54) is 5.56 Å². The zero-order valence-electron chi connectivity index (χ0n) is 17.3. The van der Waals surface area contributed by atoms with Gasteiger partial charge in [-0.3, -0.25) is 4.68 Å². The first-order valence-corrected chi connectivity index (χ1v) is 9.57. The molecule has 0 radical (unpaired) electrons. The van der Waals surface area contributed by atoms with E-state index < -0.39 is 0 Å². The van der Waals surface area contributed by atoms with Crippen molar-refractivity contribution in [1.29, 1.82) is 0 Å². The highest BCUT2D eigenvalue weighted by Gasteiger charge is 2.12. The number of hydrogen-bond donors (Lipinski definition) is 2. The van der Waals surface area contributed by atoms with Gasteiger partial charge in [-0.15, -0.1) is 0 Å². The van der Waals surface area contributed by atoms with Gasteiger partial charge in [-0.2, -0.15) is 5.10 Å². The summed E-state index contributed by atoms with van der Waals surface area (Å²) in [7, 11) is 3.99. The maximum absolute atomic E-state index is 4.82. The number of nitrogens with one attached hydrogen (secondary N) is 2. The Balaban J connectivity index is 1.72. The van der Waals surface area contributed by atoms with E-state index >= 15 is 0 Å². The van der Waals surface area contributed by atoms with E-state index in [-0.39, 0.29) is 0 Å². The van der Waals surface area contributed by atoms with Gasteiger partial charge in [-0.25, -0.2) is 9.98 Å². The number of imidazole rings is 1.